The average molecular weight is 352 g/mol. The number of amides is 3. The molecule has 0 saturated heterocycles. The first-order valence-electron chi connectivity index (χ1n) is 10.1. The lowest BCUT2D eigenvalue weighted by Crippen LogP contribution is -2.44. The fraction of sp³-hybridized carbons (Fsp3) is 0.850. The zero-order valence-electron chi connectivity index (χ0n) is 16.3. The predicted molar refractivity (Wildman–Crippen MR) is 102 cm³/mol. The molecular weight excluding hydrogens is 314 g/mol. The second-order valence-corrected chi connectivity index (χ2v) is 6.65. The van der Waals surface area contributed by atoms with Crippen LogP contribution in [0.15, 0.2) is 0 Å². The van der Waals surface area contributed by atoms with E-state index in [2.05, 4.69) is 19.2 Å². The molecule has 0 fully saturated rings. The SMILES string of the molecule is CCCCCCCCNC(=O)N(CCCCCCCC)C(=O)CC#N. The molecule has 25 heavy (non-hydrogen) atoms. The molecule has 0 radical (unpaired) electrons. The zero-order valence-corrected chi connectivity index (χ0v) is 16.3. The van der Waals surface area contributed by atoms with Gasteiger partial charge in [-0.3, -0.25) is 9.69 Å². The Bertz CT molecular complexity index is 391. The molecule has 5 nitrogen and oxygen atoms in total. The van der Waals surface area contributed by atoms with Crippen LogP contribution in [0, 0.1) is 11.3 Å². The molecule has 0 aromatic rings. The third kappa shape index (κ3) is 13.4. The van der Waals surface area contributed by atoms with Crippen molar-refractivity contribution >= 4 is 11.9 Å². The van der Waals surface area contributed by atoms with Crippen molar-refractivity contribution in [3.8, 4) is 6.07 Å². The number of hydrogen-bond donors (Lipinski definition) is 1. The van der Waals surface area contributed by atoms with Crippen molar-refractivity contribution < 1.29 is 9.59 Å². The monoisotopic (exact) mass is 351 g/mol. The van der Waals surface area contributed by atoms with Gasteiger partial charge in [-0.2, -0.15) is 5.26 Å². The van der Waals surface area contributed by atoms with Crippen molar-refractivity contribution in [2.75, 3.05) is 13.1 Å². The van der Waals surface area contributed by atoms with Crippen molar-refractivity contribution in [1.29, 1.82) is 5.26 Å². The molecule has 1 N–H and O–H groups in total. The van der Waals surface area contributed by atoms with Crippen molar-refractivity contribution in [1.82, 2.24) is 10.2 Å². The number of carbonyl (C=O) groups excluding carboxylic acids is 2. The number of unbranched alkanes of at least 4 members (excludes halogenated alkanes) is 10. The summed E-state index contributed by atoms with van der Waals surface area (Å²) >= 11 is 0. The number of carbonyl (C=O) groups is 2. The highest BCUT2D eigenvalue weighted by Crippen LogP contribution is 2.08. The molecule has 0 heterocycles. The minimum Gasteiger partial charge on any atom is -0.338 e. The molecule has 0 aliphatic heterocycles. The Balaban J connectivity index is 4.08. The molecule has 0 aromatic carbocycles. The smallest absolute Gasteiger partial charge is 0.324 e. The van der Waals surface area contributed by atoms with Gasteiger partial charge < -0.3 is 5.32 Å². The van der Waals surface area contributed by atoms with E-state index < -0.39 is 5.91 Å². The molecular formula is C20H37N3O2. The Kier molecular flexibility index (Phi) is 16.2. The van der Waals surface area contributed by atoms with Crippen LogP contribution >= 0.6 is 0 Å². The van der Waals surface area contributed by atoms with Gasteiger partial charge in [-0.1, -0.05) is 78.1 Å². The molecule has 0 spiro atoms. The summed E-state index contributed by atoms with van der Waals surface area (Å²) in [4.78, 5) is 25.5. The molecule has 0 saturated carbocycles. The Hall–Kier alpha value is -1.57. The van der Waals surface area contributed by atoms with E-state index in [9.17, 15) is 9.59 Å². The van der Waals surface area contributed by atoms with Gasteiger partial charge in [0, 0.05) is 13.1 Å². The first kappa shape index (κ1) is 23.4. The summed E-state index contributed by atoms with van der Waals surface area (Å²) in [7, 11) is 0. The predicted octanol–water partition coefficient (Wildman–Crippen LogP) is 5.16. The number of nitriles is 1. The third-order valence-corrected chi connectivity index (χ3v) is 4.32. The molecule has 0 unspecified atom stereocenters. The largest absolute Gasteiger partial charge is 0.338 e. The van der Waals surface area contributed by atoms with Crippen molar-refractivity contribution in [2.24, 2.45) is 0 Å². The van der Waals surface area contributed by atoms with Gasteiger partial charge in [0.2, 0.25) is 5.91 Å². The first-order valence-corrected chi connectivity index (χ1v) is 10.1. The molecule has 0 aromatic heterocycles. The number of urea groups is 1. The summed E-state index contributed by atoms with van der Waals surface area (Å²) in [6.07, 6.45) is 13.3. The van der Waals surface area contributed by atoms with Gasteiger partial charge in [0.1, 0.15) is 6.42 Å². The molecule has 0 bridgehead atoms. The van der Waals surface area contributed by atoms with Crippen molar-refractivity contribution in [2.45, 2.75) is 97.3 Å². The highest BCUT2D eigenvalue weighted by Gasteiger charge is 2.20. The number of nitrogens with one attached hydrogen (secondary N) is 1. The minimum atomic E-state index is -0.392. The number of imide groups is 1. The van der Waals surface area contributed by atoms with Gasteiger partial charge in [-0.15, -0.1) is 0 Å². The third-order valence-electron chi connectivity index (χ3n) is 4.32. The first-order chi connectivity index (χ1) is 12.2. The zero-order chi connectivity index (χ0) is 18.8. The highest BCUT2D eigenvalue weighted by molar-refractivity contribution is 5.95. The van der Waals surface area contributed by atoms with E-state index in [-0.39, 0.29) is 12.5 Å². The maximum atomic E-state index is 12.2. The summed E-state index contributed by atoms with van der Waals surface area (Å²) in [5.74, 6) is -0.392. The van der Waals surface area contributed by atoms with Crippen LogP contribution < -0.4 is 5.32 Å². The molecule has 144 valence electrons. The van der Waals surface area contributed by atoms with Gasteiger partial charge in [-0.05, 0) is 12.8 Å². The summed E-state index contributed by atoms with van der Waals surface area (Å²) < 4.78 is 0. The van der Waals surface area contributed by atoms with Crippen LogP contribution in [0.1, 0.15) is 97.3 Å². The van der Waals surface area contributed by atoms with Crippen LogP contribution in [0.5, 0.6) is 0 Å². The highest BCUT2D eigenvalue weighted by atomic mass is 16.2. The van der Waals surface area contributed by atoms with E-state index in [4.69, 9.17) is 5.26 Å². The Labute approximate surface area is 154 Å². The quantitative estimate of drug-likeness (QED) is 0.414. The molecule has 0 aliphatic carbocycles. The van der Waals surface area contributed by atoms with E-state index >= 15 is 0 Å². The van der Waals surface area contributed by atoms with E-state index in [1.807, 2.05) is 6.07 Å². The fourth-order valence-electron chi connectivity index (χ4n) is 2.75. The summed E-state index contributed by atoms with van der Waals surface area (Å²) in [6, 6.07) is 1.50. The van der Waals surface area contributed by atoms with Gasteiger partial charge >= 0.3 is 6.03 Å². The average Bonchev–Trinajstić information content (AvgIpc) is 2.60. The number of nitrogens with zero attached hydrogens (tertiary/aromatic N) is 2. The van der Waals surface area contributed by atoms with Crippen LogP contribution in [-0.2, 0) is 4.79 Å². The van der Waals surface area contributed by atoms with Gasteiger partial charge in [0.25, 0.3) is 0 Å². The Morgan fingerprint density at radius 2 is 1.36 bits per heavy atom. The van der Waals surface area contributed by atoms with E-state index in [1.54, 1.807) is 0 Å². The van der Waals surface area contributed by atoms with Crippen molar-refractivity contribution in [3.63, 3.8) is 0 Å². The fourth-order valence-corrected chi connectivity index (χ4v) is 2.75. The second-order valence-electron chi connectivity index (χ2n) is 6.65. The number of hydrogen-bond acceptors (Lipinski definition) is 3. The van der Waals surface area contributed by atoms with Gasteiger partial charge in [0.15, 0.2) is 0 Å². The normalized spacial score (nSPS) is 10.3. The van der Waals surface area contributed by atoms with Crippen LogP contribution in [0.25, 0.3) is 0 Å². The van der Waals surface area contributed by atoms with Crippen LogP contribution in [0.4, 0.5) is 4.79 Å². The lowest BCUT2D eigenvalue weighted by atomic mass is 10.1. The van der Waals surface area contributed by atoms with Crippen LogP contribution in [-0.4, -0.2) is 29.9 Å². The summed E-state index contributed by atoms with van der Waals surface area (Å²) in [6.45, 7) is 5.38. The Morgan fingerprint density at radius 1 is 0.840 bits per heavy atom. The van der Waals surface area contributed by atoms with Crippen molar-refractivity contribution in [3.05, 3.63) is 0 Å². The standard InChI is InChI=1S/C20H37N3O2/c1-3-5-7-9-11-13-17-22-20(25)23(19(24)15-16-21)18-14-12-10-8-6-4-2/h3-15,17-18H2,1-2H3,(H,22,25). The topological polar surface area (TPSA) is 73.2 Å². The summed E-state index contributed by atoms with van der Waals surface area (Å²) in [5.41, 5.74) is 0. The van der Waals surface area contributed by atoms with E-state index in [0.29, 0.717) is 13.1 Å². The molecule has 5 heteroatoms. The lowest BCUT2D eigenvalue weighted by Gasteiger charge is -2.20. The van der Waals surface area contributed by atoms with Gasteiger partial charge in [-0.25, -0.2) is 4.79 Å². The Morgan fingerprint density at radius 3 is 1.92 bits per heavy atom. The lowest BCUT2D eigenvalue weighted by molar-refractivity contribution is -0.127. The summed E-state index contributed by atoms with van der Waals surface area (Å²) in [5, 5.41) is 11.6. The molecule has 3 amide bonds. The van der Waals surface area contributed by atoms with E-state index in [1.165, 1.54) is 49.8 Å². The maximum Gasteiger partial charge on any atom is 0.324 e. The van der Waals surface area contributed by atoms with Crippen LogP contribution in [0.2, 0.25) is 0 Å². The second kappa shape index (κ2) is 17.3. The van der Waals surface area contributed by atoms with Gasteiger partial charge in [0.05, 0.1) is 6.07 Å². The molecule has 0 rings (SSSR count). The van der Waals surface area contributed by atoms with E-state index in [0.717, 1.165) is 32.1 Å². The van der Waals surface area contributed by atoms with Crippen LogP contribution in [0.3, 0.4) is 0 Å². The molecule has 0 aliphatic rings. The molecule has 0 atom stereocenters. The number of rotatable bonds is 15. The minimum absolute atomic E-state index is 0.236. The maximum absolute atomic E-state index is 12.2.